The lowest BCUT2D eigenvalue weighted by Crippen LogP contribution is -2.08. The largest absolute Gasteiger partial charge is 0.493 e. The molecule has 0 amide bonds. The highest BCUT2D eigenvalue weighted by atomic mass is 16.7. The lowest BCUT2D eigenvalue weighted by Gasteiger charge is -2.08. The zero-order valence-corrected chi connectivity index (χ0v) is 17.7. The van der Waals surface area contributed by atoms with Crippen LogP contribution in [0.15, 0.2) is 60.4 Å². The van der Waals surface area contributed by atoms with Gasteiger partial charge in [0.25, 0.3) is 0 Å². The monoisotopic (exact) mass is 446 g/mol. The fraction of sp³-hybridized carbons (Fsp3) is 0.120. The van der Waals surface area contributed by atoms with Gasteiger partial charge in [-0.15, -0.1) is 0 Å². The van der Waals surface area contributed by atoms with Gasteiger partial charge in [0.05, 0.1) is 25.3 Å². The first-order chi connectivity index (χ1) is 16.1. The van der Waals surface area contributed by atoms with E-state index < -0.39 is 5.97 Å². The minimum Gasteiger partial charge on any atom is -0.493 e. The molecular weight excluding hydrogens is 428 g/mol. The molecule has 0 radical (unpaired) electrons. The number of hydrogen-bond donors (Lipinski definition) is 0. The molecule has 2 aliphatic heterocycles. The third-order valence-electron chi connectivity index (χ3n) is 5.17. The molecule has 0 atom stereocenters. The van der Waals surface area contributed by atoms with Gasteiger partial charge in [-0.1, -0.05) is 6.07 Å². The first kappa shape index (κ1) is 20.4. The predicted octanol–water partition coefficient (Wildman–Crippen LogP) is 4.27. The summed E-state index contributed by atoms with van der Waals surface area (Å²) in [6.07, 6.45) is 1.61. The number of hydrogen-bond acceptors (Lipinski definition) is 8. The Morgan fingerprint density at radius 1 is 0.879 bits per heavy atom. The van der Waals surface area contributed by atoms with Gasteiger partial charge < -0.3 is 28.4 Å². The number of carbonyl (C=O) groups excluding carboxylic acids is 2. The summed E-state index contributed by atoms with van der Waals surface area (Å²) in [5, 5.41) is 0. The Hall–Kier alpha value is -4.46. The molecule has 0 aliphatic carbocycles. The van der Waals surface area contributed by atoms with Crippen molar-refractivity contribution in [3.8, 4) is 34.5 Å². The molecule has 33 heavy (non-hydrogen) atoms. The molecule has 0 N–H and O–H groups in total. The quantitative estimate of drug-likeness (QED) is 0.326. The minimum absolute atomic E-state index is 0.114. The molecule has 8 nitrogen and oxygen atoms in total. The van der Waals surface area contributed by atoms with Crippen LogP contribution >= 0.6 is 0 Å². The summed E-state index contributed by atoms with van der Waals surface area (Å²) in [5.41, 5.74) is 1.40. The lowest BCUT2D eigenvalue weighted by atomic mass is 10.1. The van der Waals surface area contributed by atoms with Crippen LogP contribution in [-0.4, -0.2) is 32.8 Å². The highest BCUT2D eigenvalue weighted by molar-refractivity contribution is 6.14. The predicted molar refractivity (Wildman–Crippen MR) is 116 cm³/mol. The maximum absolute atomic E-state index is 12.8. The maximum Gasteiger partial charge on any atom is 0.343 e. The first-order valence-corrected chi connectivity index (χ1v) is 9.98. The van der Waals surface area contributed by atoms with Crippen LogP contribution < -0.4 is 28.4 Å². The van der Waals surface area contributed by atoms with Crippen molar-refractivity contribution in [2.45, 2.75) is 0 Å². The molecule has 3 aromatic carbocycles. The van der Waals surface area contributed by atoms with Crippen molar-refractivity contribution < 1.29 is 38.0 Å². The van der Waals surface area contributed by atoms with E-state index in [4.69, 9.17) is 28.4 Å². The van der Waals surface area contributed by atoms with Gasteiger partial charge in [0.1, 0.15) is 11.5 Å². The summed E-state index contributed by atoms with van der Waals surface area (Å²) >= 11 is 0. The van der Waals surface area contributed by atoms with Crippen LogP contribution in [0.2, 0.25) is 0 Å². The Morgan fingerprint density at radius 3 is 2.52 bits per heavy atom. The smallest absolute Gasteiger partial charge is 0.343 e. The van der Waals surface area contributed by atoms with E-state index in [9.17, 15) is 9.59 Å². The van der Waals surface area contributed by atoms with Crippen molar-refractivity contribution >= 4 is 17.8 Å². The third kappa shape index (κ3) is 3.82. The van der Waals surface area contributed by atoms with E-state index in [1.165, 1.54) is 13.2 Å². The number of esters is 1. The molecule has 0 spiro atoms. The van der Waals surface area contributed by atoms with Crippen molar-refractivity contribution in [1.82, 2.24) is 0 Å². The molecular formula is C25H18O8. The number of methoxy groups -OCH3 is 2. The van der Waals surface area contributed by atoms with E-state index in [1.54, 1.807) is 61.7 Å². The zero-order chi connectivity index (χ0) is 22.9. The molecule has 8 heteroatoms. The number of fused-ring (bicyclic) bond motifs is 2. The van der Waals surface area contributed by atoms with Gasteiger partial charge in [0.15, 0.2) is 28.8 Å². The van der Waals surface area contributed by atoms with Gasteiger partial charge >= 0.3 is 5.97 Å². The van der Waals surface area contributed by atoms with Crippen LogP contribution in [-0.2, 0) is 0 Å². The number of rotatable bonds is 5. The normalized spacial score (nSPS) is 14.6. The van der Waals surface area contributed by atoms with Crippen LogP contribution in [0.25, 0.3) is 6.08 Å². The number of allylic oxidation sites excluding steroid dienone is 1. The number of carbonyl (C=O) groups is 2. The molecule has 0 unspecified atom stereocenters. The van der Waals surface area contributed by atoms with Crippen molar-refractivity contribution in [2.75, 3.05) is 21.0 Å². The summed E-state index contributed by atoms with van der Waals surface area (Å²) in [4.78, 5) is 25.3. The first-order valence-electron chi connectivity index (χ1n) is 9.98. The van der Waals surface area contributed by atoms with Crippen LogP contribution in [0, 0.1) is 0 Å². The number of Topliss-reactive ketones (excluding diaryl/α,β-unsaturated/α-hetero) is 1. The summed E-state index contributed by atoms with van der Waals surface area (Å²) in [6, 6.07) is 14.7. The Labute approximate surface area is 188 Å². The Balaban J connectivity index is 1.35. The van der Waals surface area contributed by atoms with Gasteiger partial charge in [0.2, 0.25) is 12.6 Å². The second kappa shape index (κ2) is 8.23. The van der Waals surface area contributed by atoms with Crippen molar-refractivity contribution in [1.29, 1.82) is 0 Å². The molecule has 3 aromatic rings. The van der Waals surface area contributed by atoms with E-state index in [1.807, 2.05) is 0 Å². The van der Waals surface area contributed by atoms with E-state index in [2.05, 4.69) is 0 Å². The van der Waals surface area contributed by atoms with E-state index in [-0.39, 0.29) is 24.1 Å². The van der Waals surface area contributed by atoms with Gasteiger partial charge in [-0.2, -0.15) is 0 Å². The molecule has 2 heterocycles. The molecule has 0 saturated carbocycles. The summed E-state index contributed by atoms with van der Waals surface area (Å²) < 4.78 is 32.3. The Morgan fingerprint density at radius 2 is 1.70 bits per heavy atom. The average Bonchev–Trinajstić information content (AvgIpc) is 3.42. The fourth-order valence-corrected chi connectivity index (χ4v) is 3.51. The summed E-state index contributed by atoms with van der Waals surface area (Å²) in [6.45, 7) is 0.114. The third-order valence-corrected chi connectivity index (χ3v) is 5.17. The van der Waals surface area contributed by atoms with Crippen LogP contribution in [0.1, 0.15) is 26.3 Å². The van der Waals surface area contributed by atoms with Crippen molar-refractivity contribution in [2.24, 2.45) is 0 Å². The van der Waals surface area contributed by atoms with Gasteiger partial charge in [-0.25, -0.2) is 4.79 Å². The van der Waals surface area contributed by atoms with Crippen LogP contribution in [0.4, 0.5) is 0 Å². The zero-order valence-electron chi connectivity index (χ0n) is 17.7. The molecule has 0 saturated heterocycles. The number of ether oxygens (including phenoxy) is 6. The summed E-state index contributed by atoms with van der Waals surface area (Å²) in [5.74, 6) is 2.04. The van der Waals surface area contributed by atoms with Gasteiger partial charge in [0, 0.05) is 6.07 Å². The second-order valence-corrected chi connectivity index (χ2v) is 7.17. The number of benzene rings is 3. The fourth-order valence-electron chi connectivity index (χ4n) is 3.51. The van der Waals surface area contributed by atoms with E-state index >= 15 is 0 Å². The molecule has 2 aliphatic rings. The van der Waals surface area contributed by atoms with E-state index in [0.29, 0.717) is 45.4 Å². The van der Waals surface area contributed by atoms with Gasteiger partial charge in [-0.3, -0.25) is 4.79 Å². The summed E-state index contributed by atoms with van der Waals surface area (Å²) in [7, 11) is 3.08. The van der Waals surface area contributed by atoms with Gasteiger partial charge in [-0.05, 0) is 54.1 Å². The van der Waals surface area contributed by atoms with E-state index in [0.717, 1.165) is 0 Å². The maximum atomic E-state index is 12.8. The SMILES string of the molecule is COc1ccc(C=C2Oc3cc(OC(=O)c4ccc5c(c4)OCO5)ccc3C2=O)cc1OC. The average molecular weight is 446 g/mol. The van der Waals surface area contributed by atoms with Crippen molar-refractivity contribution in [3.63, 3.8) is 0 Å². The Bertz CT molecular complexity index is 1310. The minimum atomic E-state index is -0.571. The Kier molecular flexibility index (Phi) is 5.10. The standard InChI is InChI=1S/C25H18O8/c1-28-18-7-3-14(9-21(18)29-2)10-23-24(26)17-6-5-16(12-20(17)33-23)32-25(27)15-4-8-19-22(11-15)31-13-30-19/h3-12H,13H2,1-2H3. The van der Waals surface area contributed by atoms with Crippen LogP contribution in [0.3, 0.4) is 0 Å². The molecule has 0 bridgehead atoms. The highest BCUT2D eigenvalue weighted by Crippen LogP contribution is 2.37. The molecule has 166 valence electrons. The van der Waals surface area contributed by atoms with Crippen molar-refractivity contribution in [3.05, 3.63) is 77.0 Å². The lowest BCUT2D eigenvalue weighted by molar-refractivity contribution is 0.0734. The second-order valence-electron chi connectivity index (χ2n) is 7.17. The topological polar surface area (TPSA) is 89.5 Å². The molecule has 0 fully saturated rings. The highest BCUT2D eigenvalue weighted by Gasteiger charge is 2.28. The molecule has 5 rings (SSSR count). The molecule has 0 aromatic heterocycles. The number of ketones is 1. The van der Waals surface area contributed by atoms with Crippen LogP contribution in [0.5, 0.6) is 34.5 Å².